The van der Waals surface area contributed by atoms with E-state index in [4.69, 9.17) is 4.74 Å². The summed E-state index contributed by atoms with van der Waals surface area (Å²) in [6.07, 6.45) is 1.42. The number of benzene rings is 1. The van der Waals surface area contributed by atoms with E-state index in [2.05, 4.69) is 0 Å². The van der Waals surface area contributed by atoms with Gasteiger partial charge < -0.3 is 9.53 Å². The lowest BCUT2D eigenvalue weighted by molar-refractivity contribution is -0.108. The molecular formula is C17H25NO3. The molecule has 21 heavy (non-hydrogen) atoms. The van der Waals surface area contributed by atoms with Crippen molar-refractivity contribution in [1.82, 2.24) is 0 Å². The molecule has 0 radical (unpaired) electrons. The molecule has 0 bridgehead atoms. The molecule has 1 amide bonds. The number of aryl methyl sites for hydroxylation is 1. The van der Waals surface area contributed by atoms with E-state index in [0.717, 1.165) is 17.5 Å². The van der Waals surface area contributed by atoms with Gasteiger partial charge in [0.25, 0.3) is 0 Å². The summed E-state index contributed by atoms with van der Waals surface area (Å²) in [6.45, 7) is 9.41. The number of carbonyl (C=O) groups excluding carboxylic acids is 2. The molecule has 0 spiro atoms. The minimum absolute atomic E-state index is 0.196. The van der Waals surface area contributed by atoms with Gasteiger partial charge in [-0.25, -0.2) is 4.79 Å². The number of ether oxygens (including phenoxy) is 1. The van der Waals surface area contributed by atoms with Gasteiger partial charge in [0.2, 0.25) is 0 Å². The van der Waals surface area contributed by atoms with E-state index in [1.807, 2.05) is 58.9 Å². The highest BCUT2D eigenvalue weighted by molar-refractivity contribution is 5.90. The van der Waals surface area contributed by atoms with Crippen LogP contribution in [0.1, 0.15) is 46.1 Å². The van der Waals surface area contributed by atoms with Crippen molar-refractivity contribution in [2.24, 2.45) is 0 Å². The maximum Gasteiger partial charge on any atom is 0.415 e. The largest absolute Gasteiger partial charge is 0.443 e. The zero-order valence-corrected chi connectivity index (χ0v) is 13.6. The topological polar surface area (TPSA) is 46.6 Å². The molecule has 0 fully saturated rings. The molecule has 0 aliphatic rings. The molecule has 0 heterocycles. The second kappa shape index (κ2) is 7.25. The first kappa shape index (κ1) is 17.2. The Hall–Kier alpha value is -1.84. The van der Waals surface area contributed by atoms with Gasteiger partial charge in [-0.05, 0) is 45.7 Å². The number of hydrogen-bond donors (Lipinski definition) is 0. The second-order valence-electron chi connectivity index (χ2n) is 6.10. The van der Waals surface area contributed by atoms with Crippen LogP contribution in [0.5, 0.6) is 0 Å². The lowest BCUT2D eigenvalue weighted by Gasteiger charge is -2.33. The van der Waals surface area contributed by atoms with Crippen LogP contribution in [0.3, 0.4) is 0 Å². The van der Waals surface area contributed by atoms with E-state index in [0.29, 0.717) is 12.8 Å². The number of rotatable bonds is 5. The summed E-state index contributed by atoms with van der Waals surface area (Å²) in [5.41, 5.74) is 1.20. The van der Waals surface area contributed by atoms with Gasteiger partial charge in [0.1, 0.15) is 11.9 Å². The van der Waals surface area contributed by atoms with E-state index < -0.39 is 11.7 Å². The number of hydrogen-bond acceptors (Lipinski definition) is 3. The molecule has 4 nitrogen and oxygen atoms in total. The van der Waals surface area contributed by atoms with Crippen LogP contribution in [0.15, 0.2) is 24.3 Å². The Bertz CT molecular complexity index is 491. The third kappa shape index (κ3) is 4.88. The number of aldehydes is 1. The Morgan fingerprint density at radius 2 is 1.95 bits per heavy atom. The molecule has 0 aliphatic carbocycles. The van der Waals surface area contributed by atoms with Gasteiger partial charge in [0.05, 0.1) is 5.69 Å². The molecule has 1 aromatic carbocycles. The normalized spacial score (nSPS) is 12.6. The molecule has 116 valence electrons. The number of nitrogens with zero attached hydrogens (tertiary/aromatic N) is 1. The van der Waals surface area contributed by atoms with Crippen molar-refractivity contribution < 1.29 is 14.3 Å². The molecular weight excluding hydrogens is 266 g/mol. The average Bonchev–Trinajstić information content (AvgIpc) is 2.38. The van der Waals surface area contributed by atoms with Crippen LogP contribution in [-0.4, -0.2) is 24.0 Å². The predicted octanol–water partition coefficient (Wildman–Crippen LogP) is 4.10. The van der Waals surface area contributed by atoms with Crippen LogP contribution in [0.25, 0.3) is 0 Å². The first-order valence-corrected chi connectivity index (χ1v) is 7.31. The van der Waals surface area contributed by atoms with Gasteiger partial charge >= 0.3 is 6.09 Å². The first-order chi connectivity index (χ1) is 9.80. The van der Waals surface area contributed by atoms with E-state index in [1.165, 1.54) is 0 Å². The van der Waals surface area contributed by atoms with Gasteiger partial charge in [-0.2, -0.15) is 0 Å². The zero-order chi connectivity index (χ0) is 16.0. The Labute approximate surface area is 127 Å². The van der Waals surface area contributed by atoms with Crippen LogP contribution in [0.2, 0.25) is 0 Å². The fourth-order valence-corrected chi connectivity index (χ4v) is 2.15. The van der Waals surface area contributed by atoms with Crippen LogP contribution in [0.4, 0.5) is 10.5 Å². The van der Waals surface area contributed by atoms with E-state index in [-0.39, 0.29) is 6.04 Å². The maximum atomic E-state index is 12.6. The molecule has 1 rings (SSSR count). The van der Waals surface area contributed by atoms with Crippen LogP contribution >= 0.6 is 0 Å². The van der Waals surface area contributed by atoms with Crippen molar-refractivity contribution in [3.05, 3.63) is 29.8 Å². The second-order valence-corrected chi connectivity index (χ2v) is 6.10. The molecule has 0 aliphatic heterocycles. The average molecular weight is 291 g/mol. The van der Waals surface area contributed by atoms with Crippen LogP contribution in [0, 0.1) is 6.92 Å². The highest BCUT2D eigenvalue weighted by Gasteiger charge is 2.29. The quantitative estimate of drug-likeness (QED) is 0.767. The van der Waals surface area contributed by atoms with E-state index >= 15 is 0 Å². The Balaban J connectivity index is 3.19. The molecule has 0 saturated carbocycles. The van der Waals surface area contributed by atoms with Gasteiger partial charge in [0.15, 0.2) is 0 Å². The molecule has 1 aromatic rings. The highest BCUT2D eigenvalue weighted by Crippen LogP contribution is 2.26. The number of anilines is 1. The van der Waals surface area contributed by atoms with Gasteiger partial charge in [-0.15, -0.1) is 0 Å². The monoisotopic (exact) mass is 291 g/mol. The third-order valence-corrected chi connectivity index (χ3v) is 3.17. The minimum Gasteiger partial charge on any atom is -0.443 e. The SMILES string of the molecule is CCC(CC=O)N(C(=O)OC(C)(C)C)c1ccccc1C. The van der Waals surface area contributed by atoms with Crippen molar-refractivity contribution in [2.75, 3.05) is 4.90 Å². The fourth-order valence-electron chi connectivity index (χ4n) is 2.15. The molecule has 1 unspecified atom stereocenters. The summed E-state index contributed by atoms with van der Waals surface area (Å²) in [5.74, 6) is 0. The number of para-hydroxylation sites is 1. The van der Waals surface area contributed by atoms with Crippen molar-refractivity contribution in [2.45, 2.75) is 59.1 Å². The summed E-state index contributed by atoms with van der Waals surface area (Å²) >= 11 is 0. The van der Waals surface area contributed by atoms with Gasteiger partial charge in [0, 0.05) is 12.5 Å². The van der Waals surface area contributed by atoms with Crippen LogP contribution < -0.4 is 4.90 Å². The van der Waals surface area contributed by atoms with Gasteiger partial charge in [-0.3, -0.25) is 4.90 Å². The van der Waals surface area contributed by atoms with E-state index in [1.54, 1.807) is 4.90 Å². The van der Waals surface area contributed by atoms with Crippen LogP contribution in [-0.2, 0) is 9.53 Å². The molecule has 0 aromatic heterocycles. The Kier molecular flexibility index (Phi) is 5.94. The molecule has 1 atom stereocenters. The maximum absolute atomic E-state index is 12.6. The fraction of sp³-hybridized carbons (Fsp3) is 0.529. The summed E-state index contributed by atoms with van der Waals surface area (Å²) in [4.78, 5) is 25.1. The zero-order valence-electron chi connectivity index (χ0n) is 13.6. The Morgan fingerprint density at radius 1 is 1.33 bits per heavy atom. The van der Waals surface area contributed by atoms with Crippen molar-refractivity contribution >= 4 is 18.1 Å². The summed E-state index contributed by atoms with van der Waals surface area (Å²) in [6, 6.07) is 7.44. The number of carbonyl (C=O) groups is 2. The number of amides is 1. The van der Waals surface area contributed by atoms with E-state index in [9.17, 15) is 9.59 Å². The predicted molar refractivity (Wildman–Crippen MR) is 84.7 cm³/mol. The smallest absolute Gasteiger partial charge is 0.415 e. The third-order valence-electron chi connectivity index (χ3n) is 3.17. The molecule has 4 heteroatoms. The highest BCUT2D eigenvalue weighted by atomic mass is 16.6. The van der Waals surface area contributed by atoms with Crippen molar-refractivity contribution in [1.29, 1.82) is 0 Å². The molecule has 0 saturated heterocycles. The summed E-state index contributed by atoms with van der Waals surface area (Å²) in [5, 5.41) is 0. The van der Waals surface area contributed by atoms with Gasteiger partial charge in [-0.1, -0.05) is 25.1 Å². The van der Waals surface area contributed by atoms with Crippen molar-refractivity contribution in [3.63, 3.8) is 0 Å². The lowest BCUT2D eigenvalue weighted by Crippen LogP contribution is -2.44. The first-order valence-electron chi connectivity index (χ1n) is 7.31. The Morgan fingerprint density at radius 3 is 2.43 bits per heavy atom. The molecule has 0 N–H and O–H groups in total. The summed E-state index contributed by atoms with van der Waals surface area (Å²) in [7, 11) is 0. The van der Waals surface area contributed by atoms with Crippen molar-refractivity contribution in [3.8, 4) is 0 Å². The minimum atomic E-state index is -0.572. The lowest BCUT2D eigenvalue weighted by atomic mass is 10.1. The summed E-state index contributed by atoms with van der Waals surface area (Å²) < 4.78 is 5.51. The standard InChI is InChI=1S/C17H25NO3/c1-6-14(11-12-19)18(16(20)21-17(3,4)5)15-10-8-7-9-13(15)2/h7-10,12,14H,6,11H2,1-5H3.